The van der Waals surface area contributed by atoms with E-state index in [-0.39, 0.29) is 65.7 Å². The number of likely N-dealkylation sites (tertiary alicyclic amines) is 1. The molecule has 5 aromatic heterocycles. The zero-order chi connectivity index (χ0) is 51.9. The van der Waals surface area contributed by atoms with Gasteiger partial charge in [-0.25, -0.2) is 27.8 Å². The number of carbonyl (C=O) groups excluding carboxylic acids is 2. The lowest BCUT2D eigenvalue weighted by Crippen LogP contribution is -2.55. The van der Waals surface area contributed by atoms with E-state index in [1.807, 2.05) is 22.5 Å². The molecule has 4 atom stereocenters. The summed E-state index contributed by atoms with van der Waals surface area (Å²) in [5.41, 5.74) is 2.44. The average molecular weight is 1010 g/mol. The number of hydrogen-bond donors (Lipinski definition) is 1. The number of rotatable bonds is 7. The molecule has 18 nitrogen and oxygen atoms in total. The maximum absolute atomic E-state index is 16.4. The van der Waals surface area contributed by atoms with Crippen molar-refractivity contribution in [2.75, 3.05) is 33.4 Å². The molecule has 20 heteroatoms. The molecule has 384 valence electrons. The van der Waals surface area contributed by atoms with Crippen molar-refractivity contribution in [3.05, 3.63) is 139 Å². The van der Waals surface area contributed by atoms with E-state index in [2.05, 4.69) is 54.2 Å². The van der Waals surface area contributed by atoms with Crippen LogP contribution >= 0.6 is 0 Å². The number of hydrogen-bond acceptors (Lipinski definition) is 10. The Labute approximate surface area is 423 Å². The molecule has 0 bridgehead atoms. The maximum Gasteiger partial charge on any atom is 0.438 e. The highest BCUT2D eigenvalue weighted by Gasteiger charge is 2.60. The number of ether oxygens (including phenoxy) is 2. The first-order chi connectivity index (χ1) is 35.3. The van der Waals surface area contributed by atoms with Gasteiger partial charge in [-0.05, 0) is 138 Å². The number of amides is 2. The zero-order valence-corrected chi connectivity index (χ0v) is 42.5. The predicted molar refractivity (Wildman–Crippen MR) is 268 cm³/mol. The Bertz CT molecular complexity index is 3730. The third-order valence-corrected chi connectivity index (χ3v) is 16.7. The van der Waals surface area contributed by atoms with Gasteiger partial charge in [0.1, 0.15) is 22.9 Å². The van der Waals surface area contributed by atoms with E-state index in [0.717, 1.165) is 29.3 Å². The molecule has 0 radical (unpaired) electrons. The van der Waals surface area contributed by atoms with Crippen LogP contribution in [-0.2, 0) is 27.5 Å². The molecule has 1 saturated carbocycles. The summed E-state index contributed by atoms with van der Waals surface area (Å²) in [6, 6.07) is 14.1. The molecule has 74 heavy (non-hydrogen) atoms. The first-order valence-corrected chi connectivity index (χ1v) is 25.2. The van der Waals surface area contributed by atoms with E-state index in [0.29, 0.717) is 71.0 Å². The fourth-order valence-electron chi connectivity index (χ4n) is 12.6. The van der Waals surface area contributed by atoms with E-state index in [1.54, 1.807) is 59.6 Å². The lowest BCUT2D eigenvalue weighted by atomic mass is 9.70. The minimum atomic E-state index is -0.937. The fraction of sp³-hybridized carbons (Fsp3) is 0.426. The molecule has 2 amide bonds. The van der Waals surface area contributed by atoms with Crippen molar-refractivity contribution < 1.29 is 32.4 Å². The number of aromatic amines is 1. The molecule has 2 saturated heterocycles. The van der Waals surface area contributed by atoms with Gasteiger partial charge in [-0.3, -0.25) is 28.1 Å². The molecule has 3 fully saturated rings. The molecule has 8 heterocycles. The lowest BCUT2D eigenvalue weighted by Gasteiger charge is -2.48. The van der Waals surface area contributed by atoms with Gasteiger partial charge in [0.25, 0.3) is 5.91 Å². The maximum atomic E-state index is 16.4. The molecule has 3 aliphatic heterocycles. The SMILES string of the molecule is COC(=O)N1CCC2(CC1)CN(C(=O)c1cc3cc([C@H]4CCOC(C)(C)C4)ccc3n1[C@@]1(c3noc(=O)[nH]3)C[C@@H]1C)[C@@H](C)c1c2nn(-c2cc(C)c(F)c(C)c2)c1-n1ccn(-c2ccc3c(cnn3C)c2F)c1=O. The quantitative estimate of drug-likeness (QED) is 0.164. The van der Waals surface area contributed by atoms with Gasteiger partial charge >= 0.3 is 17.5 Å². The molecular weight excluding hydrogens is 953 g/mol. The normalized spacial score (nSPS) is 22.2. The highest BCUT2D eigenvalue weighted by atomic mass is 19.1. The van der Waals surface area contributed by atoms with Crippen LogP contribution in [0.5, 0.6) is 0 Å². The van der Waals surface area contributed by atoms with Crippen molar-refractivity contribution in [3.63, 3.8) is 0 Å². The summed E-state index contributed by atoms with van der Waals surface area (Å²) in [6.07, 6.45) is 6.95. The van der Waals surface area contributed by atoms with Crippen molar-refractivity contribution in [2.45, 2.75) is 102 Å². The standard InChI is InChI=1S/C54H57F2N11O7/c1-29-21-36(22-30(2)43(29)55)67-46(64-19-18-63(50(64)70)40-12-11-39-37(44(40)56)27-57-61(39)7)42-32(4)65(28-53(45(42)59-67)14-16-62(17-15-53)51(71)72-8)47(68)41-24-35-23-33(34-13-20-73-52(5,6)26-34)9-10-38(35)66(41)54(25-31(54)3)48-58-49(69)74-60-48/h9-12,18-19,21-24,27,31-32,34H,13-17,20,25-26,28H2,1-8H3,(H,58,60,69)/t31-,32-,34-,54-/m0/s1. The molecule has 3 aromatic carbocycles. The number of carbonyl (C=O) groups is 2. The average Bonchev–Trinajstić information content (AvgIpc) is 4.03. The highest BCUT2D eigenvalue weighted by Crippen LogP contribution is 2.57. The van der Waals surface area contributed by atoms with Gasteiger partial charge in [-0.15, -0.1) is 0 Å². The van der Waals surface area contributed by atoms with Gasteiger partial charge in [0, 0.05) is 67.6 Å². The highest BCUT2D eigenvalue weighted by molar-refractivity contribution is 6.00. The number of imidazole rings is 1. The first-order valence-electron chi connectivity index (χ1n) is 25.2. The molecule has 0 unspecified atom stereocenters. The Morgan fingerprint density at radius 2 is 1.64 bits per heavy atom. The summed E-state index contributed by atoms with van der Waals surface area (Å²) >= 11 is 0. The van der Waals surface area contributed by atoms with Crippen LogP contribution in [0, 0.1) is 31.4 Å². The van der Waals surface area contributed by atoms with E-state index >= 15 is 18.4 Å². The topological polar surface area (TPSA) is 185 Å². The number of nitrogens with zero attached hydrogens (tertiary/aromatic N) is 10. The van der Waals surface area contributed by atoms with Crippen LogP contribution in [0.3, 0.4) is 0 Å². The molecule has 12 rings (SSSR count). The molecule has 8 aromatic rings. The van der Waals surface area contributed by atoms with Crippen molar-refractivity contribution in [2.24, 2.45) is 13.0 Å². The van der Waals surface area contributed by atoms with Gasteiger partial charge in [0.15, 0.2) is 11.6 Å². The smallest absolute Gasteiger partial charge is 0.438 e. The summed E-state index contributed by atoms with van der Waals surface area (Å²) in [7, 11) is 3.05. The Morgan fingerprint density at radius 1 is 0.919 bits per heavy atom. The van der Waals surface area contributed by atoms with Crippen LogP contribution < -0.4 is 11.4 Å². The van der Waals surface area contributed by atoms with Gasteiger partial charge in [-0.2, -0.15) is 10.2 Å². The van der Waals surface area contributed by atoms with Crippen LogP contribution in [-0.4, -0.2) is 104 Å². The number of aryl methyl sites for hydroxylation is 3. The summed E-state index contributed by atoms with van der Waals surface area (Å²) in [5, 5.41) is 14.9. The second-order valence-electron chi connectivity index (χ2n) is 21.6. The van der Waals surface area contributed by atoms with Gasteiger partial charge in [-0.1, -0.05) is 18.1 Å². The van der Waals surface area contributed by atoms with Gasteiger partial charge < -0.3 is 23.8 Å². The summed E-state index contributed by atoms with van der Waals surface area (Å²) in [4.78, 5) is 63.4. The molecule has 4 aliphatic rings. The molecular formula is C54H57F2N11O7. The summed E-state index contributed by atoms with van der Waals surface area (Å²) in [6.45, 7) is 12.8. The summed E-state index contributed by atoms with van der Waals surface area (Å²) in [5.74, 6) is -1.28. The Hall–Kier alpha value is -7.61. The number of aromatic nitrogens is 9. The second-order valence-corrected chi connectivity index (χ2v) is 21.6. The first kappa shape index (κ1) is 47.4. The number of H-pyrrole nitrogens is 1. The minimum absolute atomic E-state index is 0.00682. The molecule has 1 aliphatic carbocycles. The van der Waals surface area contributed by atoms with E-state index in [4.69, 9.17) is 19.1 Å². The minimum Gasteiger partial charge on any atom is -0.453 e. The number of methoxy groups -OCH3 is 1. The predicted octanol–water partition coefficient (Wildman–Crippen LogP) is 8.00. The van der Waals surface area contributed by atoms with Crippen molar-refractivity contribution in [1.29, 1.82) is 0 Å². The van der Waals surface area contributed by atoms with Gasteiger partial charge in [0.2, 0.25) is 0 Å². The second kappa shape index (κ2) is 16.7. The van der Waals surface area contributed by atoms with E-state index < -0.39 is 40.4 Å². The number of nitrogens with one attached hydrogen (secondary N) is 1. The molecule has 1 spiro atoms. The van der Waals surface area contributed by atoms with Crippen molar-refractivity contribution >= 4 is 33.8 Å². The van der Waals surface area contributed by atoms with Crippen LogP contribution in [0.1, 0.15) is 116 Å². The largest absolute Gasteiger partial charge is 0.453 e. The van der Waals surface area contributed by atoms with Crippen LogP contribution in [0.25, 0.3) is 39.0 Å². The zero-order valence-electron chi connectivity index (χ0n) is 42.5. The number of piperidine rings is 1. The molecule has 1 N–H and O–H groups in total. The van der Waals surface area contributed by atoms with Crippen molar-refractivity contribution in [1.82, 2.24) is 53.2 Å². The van der Waals surface area contributed by atoms with Gasteiger partial charge in [0.05, 0.1) is 52.9 Å². The van der Waals surface area contributed by atoms with Crippen LogP contribution in [0.4, 0.5) is 13.6 Å². The Kier molecular flexibility index (Phi) is 10.7. The van der Waals surface area contributed by atoms with Crippen LogP contribution in [0.2, 0.25) is 0 Å². The lowest BCUT2D eigenvalue weighted by molar-refractivity contribution is -0.0592. The van der Waals surface area contributed by atoms with E-state index in [1.165, 1.54) is 34.7 Å². The summed E-state index contributed by atoms with van der Waals surface area (Å²) < 4.78 is 56.2. The third kappa shape index (κ3) is 7.06. The Balaban J connectivity index is 1.07. The fourth-order valence-corrected chi connectivity index (χ4v) is 12.6. The third-order valence-electron chi connectivity index (χ3n) is 16.7. The van der Waals surface area contributed by atoms with E-state index in [9.17, 15) is 9.59 Å². The monoisotopic (exact) mass is 1010 g/mol. The number of benzene rings is 3. The van der Waals surface area contributed by atoms with Crippen LogP contribution in [0.15, 0.2) is 81.2 Å². The Morgan fingerprint density at radius 3 is 2.31 bits per heavy atom. The number of halogens is 2. The van der Waals surface area contributed by atoms with Crippen molar-refractivity contribution in [3.8, 4) is 17.2 Å². The number of fused-ring (bicyclic) bond motifs is 4.